The zero-order valence-corrected chi connectivity index (χ0v) is 25.9. The monoisotopic (exact) mass is 637 g/mol. The Morgan fingerprint density at radius 3 is 2.32 bits per heavy atom. The van der Waals surface area contributed by atoms with Gasteiger partial charge in [-0.25, -0.2) is 0 Å². The van der Waals surface area contributed by atoms with Crippen molar-refractivity contribution in [3.63, 3.8) is 0 Å². The minimum atomic E-state index is -1.24. The maximum atomic E-state index is 14.4. The Bertz CT molecular complexity index is 1860. The molecule has 0 bridgehead atoms. The number of ether oxygens (including phenoxy) is 5. The van der Waals surface area contributed by atoms with Crippen LogP contribution in [-0.4, -0.2) is 63.1 Å². The van der Waals surface area contributed by atoms with Crippen LogP contribution in [0.3, 0.4) is 0 Å². The van der Waals surface area contributed by atoms with Crippen LogP contribution in [0.4, 0.5) is 11.4 Å². The highest BCUT2D eigenvalue weighted by molar-refractivity contribution is 6.52. The van der Waals surface area contributed by atoms with Crippen LogP contribution in [0.2, 0.25) is 0 Å². The molecule has 2 heterocycles. The number of anilines is 2. The van der Waals surface area contributed by atoms with Crippen molar-refractivity contribution in [1.82, 2.24) is 4.90 Å². The molecule has 0 aromatic heterocycles. The molecule has 12 nitrogen and oxygen atoms in total. The molecule has 6 rings (SSSR count). The molecule has 0 spiro atoms. The molecule has 4 aromatic rings. The van der Waals surface area contributed by atoms with Crippen LogP contribution in [-0.2, 0) is 20.9 Å². The lowest BCUT2D eigenvalue weighted by Gasteiger charge is -2.33. The highest BCUT2D eigenvalue weighted by Crippen LogP contribution is 2.38. The third-order valence-corrected chi connectivity index (χ3v) is 7.94. The minimum absolute atomic E-state index is 0.0116. The van der Waals surface area contributed by atoms with Gasteiger partial charge in [0, 0.05) is 12.6 Å². The fourth-order valence-electron chi connectivity index (χ4n) is 5.54. The fraction of sp³-hybridized carbons (Fsp3) is 0.200. The number of fused-ring (bicyclic) bond motifs is 2. The van der Waals surface area contributed by atoms with Gasteiger partial charge in [-0.2, -0.15) is 0 Å². The number of nitrogens with zero attached hydrogens (tertiary/aromatic N) is 2. The zero-order valence-electron chi connectivity index (χ0n) is 25.9. The van der Waals surface area contributed by atoms with E-state index in [1.54, 1.807) is 92.0 Å². The molecule has 1 atom stereocenters. The van der Waals surface area contributed by atoms with Crippen LogP contribution < -0.4 is 33.9 Å². The number of carbonyl (C=O) groups excluding carboxylic acids is 4. The predicted octanol–water partition coefficient (Wildman–Crippen LogP) is 4.38. The fourth-order valence-corrected chi connectivity index (χ4v) is 5.54. The average Bonchev–Trinajstić information content (AvgIpc) is 3.66. The van der Waals surface area contributed by atoms with Crippen LogP contribution in [0.1, 0.15) is 27.5 Å². The molecule has 3 amide bonds. The van der Waals surface area contributed by atoms with Gasteiger partial charge in [0.2, 0.25) is 12.7 Å². The van der Waals surface area contributed by atoms with E-state index in [9.17, 15) is 19.2 Å². The summed E-state index contributed by atoms with van der Waals surface area (Å²) in [5.41, 5.74) is 1.99. The normalized spacial score (nSPS) is 13.6. The summed E-state index contributed by atoms with van der Waals surface area (Å²) >= 11 is 0. The van der Waals surface area contributed by atoms with Crippen LogP contribution in [0, 0.1) is 0 Å². The number of hydrogen-bond donors (Lipinski definition) is 1. The van der Waals surface area contributed by atoms with E-state index < -0.39 is 36.1 Å². The maximum Gasteiger partial charge on any atom is 0.299 e. The zero-order chi connectivity index (χ0) is 33.1. The van der Waals surface area contributed by atoms with Gasteiger partial charge in [-0.3, -0.25) is 24.1 Å². The van der Waals surface area contributed by atoms with E-state index in [1.807, 2.05) is 0 Å². The summed E-state index contributed by atoms with van der Waals surface area (Å²) in [6.07, 6.45) is 0. The molecule has 1 N–H and O–H groups in total. The van der Waals surface area contributed by atoms with E-state index in [2.05, 4.69) is 5.32 Å². The summed E-state index contributed by atoms with van der Waals surface area (Å²) in [7, 11) is 4.53. The van der Waals surface area contributed by atoms with Crippen molar-refractivity contribution in [2.45, 2.75) is 12.6 Å². The molecule has 47 heavy (non-hydrogen) atoms. The largest absolute Gasteiger partial charge is 0.497 e. The molecular weight excluding hydrogens is 606 g/mol. The van der Waals surface area contributed by atoms with Crippen molar-refractivity contribution in [3.8, 4) is 28.7 Å². The molecule has 2 aliphatic rings. The van der Waals surface area contributed by atoms with E-state index in [4.69, 9.17) is 23.7 Å². The molecular formula is C35H31N3O9. The molecule has 240 valence electrons. The van der Waals surface area contributed by atoms with Gasteiger partial charge in [-0.1, -0.05) is 30.3 Å². The van der Waals surface area contributed by atoms with Gasteiger partial charge in [-0.05, 0) is 59.7 Å². The van der Waals surface area contributed by atoms with E-state index in [0.29, 0.717) is 51.2 Å². The van der Waals surface area contributed by atoms with Crippen LogP contribution >= 0.6 is 0 Å². The van der Waals surface area contributed by atoms with Crippen molar-refractivity contribution in [2.24, 2.45) is 0 Å². The van der Waals surface area contributed by atoms with Crippen molar-refractivity contribution in [3.05, 3.63) is 102 Å². The summed E-state index contributed by atoms with van der Waals surface area (Å²) < 4.78 is 27.2. The average molecular weight is 638 g/mol. The third kappa shape index (κ3) is 6.12. The molecule has 2 aliphatic heterocycles. The standard InChI is InChI=1S/C35H31N3O9/c1-43-23-11-8-21(9-12-23)18-38(31(39)19-37-27-7-5-4-6-25(27)33(40)35(37)42)32(22-10-15-28-30(16-22)47-20-46-28)34(41)36-26-14-13-24(44-2)17-29(26)45-3/h4-17,32H,18-20H2,1-3H3,(H,36,41). The number of nitrogens with one attached hydrogen (secondary N) is 1. The van der Waals surface area contributed by atoms with Gasteiger partial charge >= 0.3 is 0 Å². The van der Waals surface area contributed by atoms with Crippen LogP contribution in [0.25, 0.3) is 0 Å². The Morgan fingerprint density at radius 2 is 1.57 bits per heavy atom. The van der Waals surface area contributed by atoms with Gasteiger partial charge in [0.25, 0.3) is 17.6 Å². The van der Waals surface area contributed by atoms with Gasteiger partial charge in [-0.15, -0.1) is 0 Å². The van der Waals surface area contributed by atoms with Crippen molar-refractivity contribution in [2.75, 3.05) is 44.9 Å². The molecule has 1 unspecified atom stereocenters. The minimum Gasteiger partial charge on any atom is -0.497 e. The summed E-state index contributed by atoms with van der Waals surface area (Å²) in [6, 6.07) is 22.2. The van der Waals surface area contributed by atoms with E-state index in [1.165, 1.54) is 19.1 Å². The molecule has 4 aromatic carbocycles. The molecule has 0 fully saturated rings. The number of benzene rings is 4. The highest BCUT2D eigenvalue weighted by atomic mass is 16.7. The second kappa shape index (κ2) is 13.1. The first kappa shape index (κ1) is 31.0. The highest BCUT2D eigenvalue weighted by Gasteiger charge is 2.40. The number of amides is 3. The Morgan fingerprint density at radius 1 is 0.851 bits per heavy atom. The van der Waals surface area contributed by atoms with Crippen molar-refractivity contribution < 1.29 is 42.9 Å². The lowest BCUT2D eigenvalue weighted by Crippen LogP contribution is -2.46. The Kier molecular flexibility index (Phi) is 8.65. The number of hydrogen-bond acceptors (Lipinski definition) is 9. The van der Waals surface area contributed by atoms with Gasteiger partial charge in [0.15, 0.2) is 11.5 Å². The molecule has 0 saturated heterocycles. The van der Waals surface area contributed by atoms with E-state index in [-0.39, 0.29) is 18.9 Å². The number of ketones is 1. The Hall–Kier alpha value is -6.04. The first-order chi connectivity index (χ1) is 22.8. The van der Waals surface area contributed by atoms with Crippen LogP contribution in [0.5, 0.6) is 28.7 Å². The van der Waals surface area contributed by atoms with Crippen LogP contribution in [0.15, 0.2) is 84.9 Å². The van der Waals surface area contributed by atoms with Gasteiger partial charge in [0.05, 0.1) is 38.3 Å². The van der Waals surface area contributed by atoms with E-state index >= 15 is 0 Å². The number of rotatable bonds is 11. The van der Waals surface area contributed by atoms with Crippen molar-refractivity contribution >= 4 is 34.9 Å². The SMILES string of the molecule is COc1ccc(CN(C(=O)CN2C(=O)C(=O)c3ccccc32)C(C(=O)Nc2ccc(OC)cc2OC)c2ccc3c(c2)OCO3)cc1. The van der Waals surface area contributed by atoms with Gasteiger partial charge < -0.3 is 33.9 Å². The quantitative estimate of drug-likeness (QED) is 0.238. The Balaban J connectivity index is 1.42. The first-order valence-electron chi connectivity index (χ1n) is 14.6. The molecule has 0 saturated carbocycles. The molecule has 0 aliphatic carbocycles. The number of para-hydroxylation sites is 1. The Labute approximate surface area is 270 Å². The summed E-state index contributed by atoms with van der Waals surface area (Å²) in [5, 5.41) is 2.90. The smallest absolute Gasteiger partial charge is 0.299 e. The third-order valence-electron chi connectivity index (χ3n) is 7.94. The predicted molar refractivity (Wildman–Crippen MR) is 170 cm³/mol. The van der Waals surface area contributed by atoms with Crippen molar-refractivity contribution in [1.29, 1.82) is 0 Å². The number of carbonyl (C=O) groups is 4. The number of methoxy groups -OCH3 is 3. The number of Topliss-reactive ketones (excluding diaryl/α,β-unsaturated/α-hetero) is 1. The lowest BCUT2D eigenvalue weighted by atomic mass is 10.0. The molecule has 12 heteroatoms. The second-order valence-electron chi connectivity index (χ2n) is 10.7. The van der Waals surface area contributed by atoms with Gasteiger partial charge in [0.1, 0.15) is 29.8 Å². The summed E-state index contributed by atoms with van der Waals surface area (Å²) in [6.45, 7) is -0.512. The van der Waals surface area contributed by atoms with E-state index in [0.717, 1.165) is 4.90 Å². The summed E-state index contributed by atoms with van der Waals surface area (Å²) in [4.78, 5) is 57.2. The summed E-state index contributed by atoms with van der Waals surface area (Å²) in [5.74, 6) is -0.300. The maximum absolute atomic E-state index is 14.4. The lowest BCUT2D eigenvalue weighted by molar-refractivity contribution is -0.139. The second-order valence-corrected chi connectivity index (χ2v) is 10.7. The molecule has 0 radical (unpaired) electrons. The first-order valence-corrected chi connectivity index (χ1v) is 14.6. The topological polar surface area (TPSA) is 133 Å².